The molecule has 1 unspecified atom stereocenters. The molecule has 62 valence electrons. The fourth-order valence-electron chi connectivity index (χ4n) is 0.627. The first kappa shape index (κ1) is 10.3. The molecule has 1 atom stereocenters. The lowest BCUT2D eigenvalue weighted by atomic mass is 9.84. The number of hydrogen-bond donors (Lipinski definition) is 3. The molecule has 0 amide bonds. The second-order valence-electron chi connectivity index (χ2n) is 3.65. The zero-order chi connectivity index (χ0) is 8.58. The average molecular weight is 164 g/mol. The number of thiol groups is 1. The lowest BCUT2D eigenvalue weighted by Gasteiger charge is -2.37. The van der Waals surface area contributed by atoms with E-state index in [-0.39, 0.29) is 0 Å². The van der Waals surface area contributed by atoms with Gasteiger partial charge >= 0.3 is 0 Å². The summed E-state index contributed by atoms with van der Waals surface area (Å²) in [6.45, 7) is 6.95. The maximum atomic E-state index is 9.41. The third kappa shape index (κ3) is 1.87. The summed E-state index contributed by atoms with van der Waals surface area (Å²) in [5, 5.41) is 18.4. The summed E-state index contributed by atoms with van der Waals surface area (Å²) in [5.41, 5.74) is -0.547. The molecule has 2 N–H and O–H groups in total. The van der Waals surface area contributed by atoms with Gasteiger partial charge in [0.2, 0.25) is 0 Å². The molecule has 0 saturated heterocycles. The molecule has 0 aromatic rings. The van der Waals surface area contributed by atoms with Crippen LogP contribution in [0.2, 0.25) is 0 Å². The van der Waals surface area contributed by atoms with Gasteiger partial charge in [-0.05, 0) is 6.92 Å². The molecule has 3 heteroatoms. The zero-order valence-electron chi connectivity index (χ0n) is 6.92. The van der Waals surface area contributed by atoms with Crippen molar-refractivity contribution in [1.82, 2.24) is 0 Å². The van der Waals surface area contributed by atoms with Gasteiger partial charge < -0.3 is 10.2 Å². The molecule has 0 bridgehead atoms. The largest absolute Gasteiger partial charge is 0.364 e. The van der Waals surface area contributed by atoms with E-state index < -0.39 is 16.5 Å². The van der Waals surface area contributed by atoms with Crippen LogP contribution >= 0.6 is 12.6 Å². The fraction of sp³-hybridized carbons (Fsp3) is 1.00. The van der Waals surface area contributed by atoms with E-state index >= 15 is 0 Å². The van der Waals surface area contributed by atoms with Gasteiger partial charge in [-0.3, -0.25) is 0 Å². The molecule has 0 aliphatic rings. The monoisotopic (exact) mass is 164 g/mol. The Balaban J connectivity index is 4.40. The van der Waals surface area contributed by atoms with Crippen molar-refractivity contribution in [2.75, 3.05) is 0 Å². The van der Waals surface area contributed by atoms with Crippen molar-refractivity contribution in [1.29, 1.82) is 0 Å². The van der Waals surface area contributed by atoms with E-state index in [1.807, 2.05) is 0 Å². The van der Waals surface area contributed by atoms with Crippen LogP contribution in [-0.4, -0.2) is 21.3 Å². The predicted octanol–water partition coefficient (Wildman–Crippen LogP) is 1.03. The Morgan fingerprint density at radius 1 is 1.20 bits per heavy atom. The van der Waals surface area contributed by atoms with E-state index in [2.05, 4.69) is 12.6 Å². The van der Waals surface area contributed by atoms with Crippen LogP contribution in [0.15, 0.2) is 0 Å². The lowest BCUT2D eigenvalue weighted by molar-refractivity contribution is -0.223. The summed E-state index contributed by atoms with van der Waals surface area (Å²) in [4.78, 5) is 0. The SMILES string of the molecule is CC(S)C(O)(O)C(C)(C)C. The van der Waals surface area contributed by atoms with Gasteiger partial charge in [-0.1, -0.05) is 20.8 Å². The zero-order valence-corrected chi connectivity index (χ0v) is 7.81. The highest BCUT2D eigenvalue weighted by Gasteiger charge is 2.41. The van der Waals surface area contributed by atoms with Gasteiger partial charge in [-0.25, -0.2) is 0 Å². The Morgan fingerprint density at radius 2 is 1.50 bits per heavy atom. The molecule has 0 fully saturated rings. The third-order valence-corrected chi connectivity index (χ3v) is 2.05. The molecule has 2 nitrogen and oxygen atoms in total. The second kappa shape index (κ2) is 2.72. The van der Waals surface area contributed by atoms with Crippen LogP contribution < -0.4 is 0 Å². The van der Waals surface area contributed by atoms with Crippen LogP contribution in [-0.2, 0) is 0 Å². The maximum absolute atomic E-state index is 9.41. The Labute approximate surface area is 67.7 Å². The number of hydrogen-bond acceptors (Lipinski definition) is 3. The topological polar surface area (TPSA) is 40.5 Å². The van der Waals surface area contributed by atoms with Crippen LogP contribution in [0.1, 0.15) is 27.7 Å². The Hall–Kier alpha value is 0.270. The van der Waals surface area contributed by atoms with Crippen molar-refractivity contribution in [3.8, 4) is 0 Å². The summed E-state index contributed by atoms with van der Waals surface area (Å²) < 4.78 is 0. The first-order chi connectivity index (χ1) is 4.19. The number of aliphatic hydroxyl groups is 2. The molecular weight excluding hydrogens is 148 g/mol. The minimum atomic E-state index is -1.70. The highest BCUT2D eigenvalue weighted by atomic mass is 32.1. The Kier molecular flexibility index (Phi) is 2.79. The molecule has 10 heavy (non-hydrogen) atoms. The molecule has 0 aliphatic carbocycles. The van der Waals surface area contributed by atoms with Gasteiger partial charge in [0.25, 0.3) is 0 Å². The van der Waals surface area contributed by atoms with Crippen molar-refractivity contribution < 1.29 is 10.2 Å². The summed E-state index contributed by atoms with van der Waals surface area (Å²) >= 11 is 3.97. The molecule has 0 rings (SSSR count). The first-order valence-electron chi connectivity index (χ1n) is 3.32. The van der Waals surface area contributed by atoms with Gasteiger partial charge in [-0.15, -0.1) is 0 Å². The summed E-state index contributed by atoms with van der Waals surface area (Å²) in [5.74, 6) is -1.70. The van der Waals surface area contributed by atoms with Gasteiger partial charge in [0.05, 0.1) is 5.25 Å². The summed E-state index contributed by atoms with van der Waals surface area (Å²) in [6.07, 6.45) is 0. The minimum Gasteiger partial charge on any atom is -0.364 e. The lowest BCUT2D eigenvalue weighted by Crippen LogP contribution is -2.49. The quantitative estimate of drug-likeness (QED) is 0.400. The minimum absolute atomic E-state index is 0.438. The Morgan fingerprint density at radius 3 is 1.50 bits per heavy atom. The third-order valence-electron chi connectivity index (χ3n) is 1.69. The van der Waals surface area contributed by atoms with Crippen molar-refractivity contribution in [3.05, 3.63) is 0 Å². The molecule has 0 aromatic heterocycles. The van der Waals surface area contributed by atoms with Crippen molar-refractivity contribution in [2.24, 2.45) is 5.41 Å². The van der Waals surface area contributed by atoms with Crippen LogP contribution in [0.4, 0.5) is 0 Å². The summed E-state index contributed by atoms with van der Waals surface area (Å²) in [6, 6.07) is 0. The van der Waals surface area contributed by atoms with E-state index in [1.165, 1.54) is 0 Å². The highest BCUT2D eigenvalue weighted by Crippen LogP contribution is 2.32. The van der Waals surface area contributed by atoms with E-state index in [4.69, 9.17) is 0 Å². The second-order valence-corrected chi connectivity index (χ2v) is 4.43. The van der Waals surface area contributed by atoms with Crippen LogP contribution in [0.3, 0.4) is 0 Å². The van der Waals surface area contributed by atoms with Gasteiger partial charge in [-0.2, -0.15) is 12.6 Å². The maximum Gasteiger partial charge on any atom is 0.179 e. The van der Waals surface area contributed by atoms with Crippen LogP contribution in [0, 0.1) is 5.41 Å². The molecule has 0 aliphatic heterocycles. The van der Waals surface area contributed by atoms with E-state index in [0.717, 1.165) is 0 Å². The van der Waals surface area contributed by atoms with Gasteiger partial charge in [0, 0.05) is 5.41 Å². The predicted molar refractivity (Wildman–Crippen MR) is 45.1 cm³/mol. The fourth-order valence-corrected chi connectivity index (χ4v) is 1.01. The van der Waals surface area contributed by atoms with Crippen LogP contribution in [0.25, 0.3) is 0 Å². The summed E-state index contributed by atoms with van der Waals surface area (Å²) in [7, 11) is 0. The molecule has 0 saturated carbocycles. The molecule has 0 radical (unpaired) electrons. The molecule has 0 spiro atoms. The molecular formula is C7H16O2S. The van der Waals surface area contributed by atoms with E-state index in [0.29, 0.717) is 0 Å². The van der Waals surface area contributed by atoms with Gasteiger partial charge in [0.1, 0.15) is 0 Å². The van der Waals surface area contributed by atoms with Crippen molar-refractivity contribution >= 4 is 12.6 Å². The molecule has 0 heterocycles. The number of rotatable bonds is 1. The average Bonchev–Trinajstić information content (AvgIpc) is 1.62. The smallest absolute Gasteiger partial charge is 0.179 e. The first-order valence-corrected chi connectivity index (χ1v) is 3.84. The van der Waals surface area contributed by atoms with E-state index in [9.17, 15) is 10.2 Å². The molecule has 0 aromatic carbocycles. The van der Waals surface area contributed by atoms with Crippen molar-refractivity contribution in [2.45, 2.75) is 38.7 Å². The van der Waals surface area contributed by atoms with Crippen LogP contribution in [0.5, 0.6) is 0 Å². The normalized spacial score (nSPS) is 17.1. The van der Waals surface area contributed by atoms with Gasteiger partial charge in [0.15, 0.2) is 5.79 Å². The highest BCUT2D eigenvalue weighted by molar-refractivity contribution is 7.81. The van der Waals surface area contributed by atoms with E-state index in [1.54, 1.807) is 27.7 Å². The standard InChI is InChI=1S/C7H16O2S/c1-5(10)7(8,9)6(2,3)4/h5,8-10H,1-4H3. The Bertz CT molecular complexity index is 113. The van der Waals surface area contributed by atoms with Crippen molar-refractivity contribution in [3.63, 3.8) is 0 Å².